The lowest BCUT2D eigenvalue weighted by atomic mass is 10.1. The summed E-state index contributed by atoms with van der Waals surface area (Å²) in [6.45, 7) is 6.30. The molecule has 2 aromatic rings. The van der Waals surface area contributed by atoms with E-state index in [1.54, 1.807) is 0 Å². The van der Waals surface area contributed by atoms with Crippen LogP contribution in [-0.2, 0) is 0 Å². The van der Waals surface area contributed by atoms with Crippen molar-refractivity contribution in [2.45, 2.75) is 19.9 Å². The predicted octanol–water partition coefficient (Wildman–Crippen LogP) is 3.52. The molecule has 0 amide bonds. The van der Waals surface area contributed by atoms with E-state index in [1.165, 1.54) is 5.56 Å². The molecular formula is C18H20N2. The first-order valence-corrected chi connectivity index (χ1v) is 7.05. The molecule has 0 saturated heterocycles. The summed E-state index contributed by atoms with van der Waals surface area (Å²) in [5, 5.41) is 0. The summed E-state index contributed by atoms with van der Waals surface area (Å²) in [6, 6.07) is 14.3. The number of benzene rings is 1. The molecule has 1 aromatic heterocycles. The van der Waals surface area contributed by atoms with E-state index < -0.39 is 0 Å². The molecule has 0 saturated carbocycles. The lowest BCUT2D eigenvalue weighted by Crippen LogP contribution is -2.27. The average Bonchev–Trinajstić information content (AvgIpc) is 2.53. The first-order chi connectivity index (χ1) is 9.85. The normalized spacial score (nSPS) is 11.8. The Hall–Kier alpha value is -2.11. The van der Waals surface area contributed by atoms with Crippen molar-refractivity contribution in [1.82, 2.24) is 9.88 Å². The van der Waals surface area contributed by atoms with E-state index in [0.29, 0.717) is 0 Å². The maximum atomic E-state index is 4.09. The number of hydrogen-bond donors (Lipinski definition) is 0. The van der Waals surface area contributed by atoms with Crippen molar-refractivity contribution in [3.8, 4) is 11.8 Å². The Morgan fingerprint density at radius 1 is 1.00 bits per heavy atom. The van der Waals surface area contributed by atoms with Crippen LogP contribution in [0.1, 0.15) is 31.0 Å². The molecule has 0 spiro atoms. The Morgan fingerprint density at radius 3 is 2.25 bits per heavy atom. The summed E-state index contributed by atoms with van der Waals surface area (Å²) in [5.41, 5.74) is 2.26. The van der Waals surface area contributed by atoms with Crippen LogP contribution in [0.4, 0.5) is 0 Å². The molecule has 0 aliphatic heterocycles. The van der Waals surface area contributed by atoms with Crippen LogP contribution < -0.4 is 0 Å². The second-order valence-electron chi connectivity index (χ2n) is 4.54. The highest BCUT2D eigenvalue weighted by Gasteiger charge is 2.14. The Bertz CT molecular complexity index is 563. The van der Waals surface area contributed by atoms with E-state index in [-0.39, 0.29) is 6.04 Å². The number of nitrogens with zero attached hydrogens (tertiary/aromatic N) is 2. The molecule has 0 N–H and O–H groups in total. The molecule has 1 heterocycles. The van der Waals surface area contributed by atoms with E-state index >= 15 is 0 Å². The number of rotatable bonds is 4. The molecular weight excluding hydrogens is 244 g/mol. The van der Waals surface area contributed by atoms with Gasteiger partial charge in [0.2, 0.25) is 0 Å². The zero-order valence-corrected chi connectivity index (χ0v) is 12.1. The summed E-state index contributed by atoms with van der Waals surface area (Å²) in [4.78, 5) is 6.44. The Balaban J connectivity index is 2.31. The van der Waals surface area contributed by atoms with Gasteiger partial charge in [-0.1, -0.05) is 43.9 Å². The Labute approximate surface area is 121 Å². The first kappa shape index (κ1) is 14.3. The summed E-state index contributed by atoms with van der Waals surface area (Å²) in [5.74, 6) is 6.68. The van der Waals surface area contributed by atoms with Gasteiger partial charge in [0.05, 0.1) is 6.04 Å². The molecule has 0 aliphatic rings. The molecule has 102 valence electrons. The topological polar surface area (TPSA) is 16.1 Å². The van der Waals surface area contributed by atoms with Crippen LogP contribution in [0.5, 0.6) is 0 Å². The molecule has 0 aliphatic carbocycles. The van der Waals surface area contributed by atoms with Crippen molar-refractivity contribution in [2.75, 3.05) is 13.1 Å². The van der Waals surface area contributed by atoms with Crippen LogP contribution in [-0.4, -0.2) is 23.0 Å². The lowest BCUT2D eigenvalue weighted by Gasteiger charge is -2.25. The molecule has 2 heteroatoms. The van der Waals surface area contributed by atoms with Crippen molar-refractivity contribution in [3.63, 3.8) is 0 Å². The molecule has 1 aromatic carbocycles. The molecule has 0 bridgehead atoms. The zero-order chi connectivity index (χ0) is 14.2. The summed E-state index contributed by atoms with van der Waals surface area (Å²) in [7, 11) is 0. The number of hydrogen-bond acceptors (Lipinski definition) is 2. The summed E-state index contributed by atoms with van der Waals surface area (Å²) >= 11 is 0. The van der Waals surface area contributed by atoms with Gasteiger partial charge < -0.3 is 0 Å². The van der Waals surface area contributed by atoms with Crippen molar-refractivity contribution < 1.29 is 0 Å². The van der Waals surface area contributed by atoms with Gasteiger partial charge >= 0.3 is 0 Å². The van der Waals surface area contributed by atoms with E-state index in [1.807, 2.05) is 54.9 Å². The van der Waals surface area contributed by atoms with E-state index in [0.717, 1.165) is 18.7 Å². The minimum Gasteiger partial charge on any atom is -0.287 e. The zero-order valence-electron chi connectivity index (χ0n) is 12.1. The van der Waals surface area contributed by atoms with Crippen LogP contribution in [0.3, 0.4) is 0 Å². The maximum Gasteiger partial charge on any atom is 0.0975 e. The van der Waals surface area contributed by atoms with Gasteiger partial charge in [0.1, 0.15) is 0 Å². The molecule has 0 radical (unpaired) electrons. The highest BCUT2D eigenvalue weighted by molar-refractivity contribution is 5.37. The fraction of sp³-hybridized carbons (Fsp3) is 0.278. The highest BCUT2D eigenvalue weighted by Crippen LogP contribution is 2.19. The number of pyridine rings is 1. The van der Waals surface area contributed by atoms with Crippen molar-refractivity contribution in [3.05, 3.63) is 66.0 Å². The highest BCUT2D eigenvalue weighted by atomic mass is 15.1. The van der Waals surface area contributed by atoms with Crippen LogP contribution in [0, 0.1) is 11.8 Å². The van der Waals surface area contributed by atoms with Crippen LogP contribution >= 0.6 is 0 Å². The van der Waals surface area contributed by atoms with E-state index in [9.17, 15) is 0 Å². The van der Waals surface area contributed by atoms with Crippen molar-refractivity contribution >= 4 is 0 Å². The third-order valence-corrected chi connectivity index (χ3v) is 3.33. The smallest absolute Gasteiger partial charge is 0.0975 e. The molecule has 20 heavy (non-hydrogen) atoms. The second-order valence-corrected chi connectivity index (χ2v) is 4.54. The van der Waals surface area contributed by atoms with E-state index in [2.05, 4.69) is 35.6 Å². The van der Waals surface area contributed by atoms with Gasteiger partial charge in [-0.15, -0.1) is 0 Å². The maximum absolute atomic E-state index is 4.09. The fourth-order valence-electron chi connectivity index (χ4n) is 2.19. The largest absolute Gasteiger partial charge is 0.287 e. The van der Waals surface area contributed by atoms with Gasteiger partial charge in [0, 0.05) is 18.0 Å². The van der Waals surface area contributed by atoms with Gasteiger partial charge in [-0.25, -0.2) is 0 Å². The monoisotopic (exact) mass is 264 g/mol. The minimum atomic E-state index is 0.119. The van der Waals surface area contributed by atoms with Crippen LogP contribution in [0.15, 0.2) is 54.9 Å². The fourth-order valence-corrected chi connectivity index (χ4v) is 2.19. The van der Waals surface area contributed by atoms with Crippen LogP contribution in [0.25, 0.3) is 0 Å². The van der Waals surface area contributed by atoms with Crippen LogP contribution in [0.2, 0.25) is 0 Å². The SMILES string of the molecule is CCN(CC)C(C#Cc1ccccc1)c1ccncc1. The lowest BCUT2D eigenvalue weighted by molar-refractivity contribution is 0.264. The third-order valence-electron chi connectivity index (χ3n) is 3.33. The van der Waals surface area contributed by atoms with Crippen molar-refractivity contribution in [2.24, 2.45) is 0 Å². The van der Waals surface area contributed by atoms with Crippen molar-refractivity contribution in [1.29, 1.82) is 0 Å². The summed E-state index contributed by atoms with van der Waals surface area (Å²) < 4.78 is 0. The van der Waals surface area contributed by atoms with E-state index in [4.69, 9.17) is 0 Å². The molecule has 0 fully saturated rings. The summed E-state index contributed by atoms with van der Waals surface area (Å²) in [6.07, 6.45) is 3.66. The number of aromatic nitrogens is 1. The predicted molar refractivity (Wildman–Crippen MR) is 83.2 cm³/mol. The Morgan fingerprint density at radius 2 is 1.65 bits per heavy atom. The molecule has 2 rings (SSSR count). The van der Waals surface area contributed by atoms with Gasteiger partial charge in [-0.05, 0) is 42.9 Å². The Kier molecular flexibility index (Phi) is 5.34. The molecule has 1 atom stereocenters. The second kappa shape index (κ2) is 7.47. The van der Waals surface area contributed by atoms with Gasteiger partial charge in [-0.2, -0.15) is 0 Å². The minimum absolute atomic E-state index is 0.119. The first-order valence-electron chi connectivity index (χ1n) is 7.05. The molecule has 1 unspecified atom stereocenters. The van der Waals surface area contributed by atoms with Gasteiger partial charge in [-0.3, -0.25) is 9.88 Å². The standard InChI is InChI=1S/C18H20N2/c1-3-20(4-2)18(17-12-14-19-15-13-17)11-10-16-8-6-5-7-9-16/h5-9,12-15,18H,3-4H2,1-2H3. The van der Waals surface area contributed by atoms with Gasteiger partial charge in [0.15, 0.2) is 0 Å². The average molecular weight is 264 g/mol. The van der Waals surface area contributed by atoms with Gasteiger partial charge in [0.25, 0.3) is 0 Å². The molecule has 2 nitrogen and oxygen atoms in total. The quantitative estimate of drug-likeness (QED) is 0.786. The third kappa shape index (κ3) is 3.69.